The van der Waals surface area contributed by atoms with Crippen LogP contribution in [0.5, 0.6) is 11.5 Å². The van der Waals surface area contributed by atoms with E-state index in [0.717, 1.165) is 38.1 Å². The van der Waals surface area contributed by atoms with Crippen molar-refractivity contribution in [2.75, 3.05) is 13.2 Å². The Morgan fingerprint density at radius 3 is 2.41 bits per heavy atom. The summed E-state index contributed by atoms with van der Waals surface area (Å²) in [4.78, 5) is 27.5. The highest BCUT2D eigenvalue weighted by atomic mass is 79.9. The first-order valence-electron chi connectivity index (χ1n) is 10.3. The molecular weight excluding hydrogens is 490 g/mol. The molecule has 3 aromatic rings. The summed E-state index contributed by atoms with van der Waals surface area (Å²) < 4.78 is 12.1. The zero-order chi connectivity index (χ0) is 22.7. The number of halogens is 1. The second-order valence-corrected chi connectivity index (χ2v) is 8.94. The number of fused-ring (bicyclic) bond motifs is 1. The molecule has 2 amide bonds. The van der Waals surface area contributed by atoms with Gasteiger partial charge in [0.05, 0.1) is 24.7 Å². The highest BCUT2D eigenvalue weighted by Gasteiger charge is 2.35. The van der Waals surface area contributed by atoms with E-state index < -0.39 is 0 Å². The number of amides is 2. The molecule has 1 saturated heterocycles. The van der Waals surface area contributed by atoms with E-state index in [1.165, 1.54) is 4.90 Å². The molecule has 0 N–H and O–H groups in total. The van der Waals surface area contributed by atoms with Gasteiger partial charge in [0, 0.05) is 4.47 Å². The van der Waals surface area contributed by atoms with Crippen molar-refractivity contribution >= 4 is 55.7 Å². The quantitative estimate of drug-likeness (QED) is 0.333. The SMILES string of the molecule is CCOc1cc(Br)c(/C=C2/SC(=O)N(Cc3cccc4ccccc34)C2=O)cc1OCC. The minimum absolute atomic E-state index is 0.234. The van der Waals surface area contributed by atoms with Crippen molar-refractivity contribution in [1.29, 1.82) is 0 Å². The van der Waals surface area contributed by atoms with E-state index in [4.69, 9.17) is 9.47 Å². The molecule has 5 nitrogen and oxygen atoms in total. The van der Waals surface area contributed by atoms with Crippen molar-refractivity contribution < 1.29 is 19.1 Å². The molecule has 1 aliphatic rings. The van der Waals surface area contributed by atoms with E-state index in [2.05, 4.69) is 15.9 Å². The predicted molar refractivity (Wildman–Crippen MR) is 132 cm³/mol. The highest BCUT2D eigenvalue weighted by Crippen LogP contribution is 2.39. The van der Waals surface area contributed by atoms with E-state index in [-0.39, 0.29) is 17.7 Å². The molecule has 1 aliphatic heterocycles. The average molecular weight is 512 g/mol. The second-order valence-electron chi connectivity index (χ2n) is 7.09. The summed E-state index contributed by atoms with van der Waals surface area (Å²) in [6.45, 7) is 5.04. The molecule has 0 saturated carbocycles. The lowest BCUT2D eigenvalue weighted by molar-refractivity contribution is -0.123. The molecule has 0 atom stereocenters. The smallest absolute Gasteiger partial charge is 0.293 e. The monoisotopic (exact) mass is 511 g/mol. The van der Waals surface area contributed by atoms with E-state index >= 15 is 0 Å². The number of benzene rings is 3. The summed E-state index contributed by atoms with van der Waals surface area (Å²) in [7, 11) is 0. The number of imide groups is 1. The zero-order valence-electron chi connectivity index (χ0n) is 17.8. The lowest BCUT2D eigenvalue weighted by atomic mass is 10.0. The van der Waals surface area contributed by atoms with Crippen molar-refractivity contribution in [3.05, 3.63) is 75.1 Å². The molecule has 0 aromatic heterocycles. The number of ether oxygens (including phenoxy) is 2. The first-order valence-corrected chi connectivity index (χ1v) is 11.9. The largest absolute Gasteiger partial charge is 0.490 e. The van der Waals surface area contributed by atoms with Crippen molar-refractivity contribution in [3.8, 4) is 11.5 Å². The summed E-state index contributed by atoms with van der Waals surface area (Å²) in [6.07, 6.45) is 1.72. The second kappa shape index (κ2) is 9.79. The Bertz CT molecular complexity index is 1220. The van der Waals surface area contributed by atoms with Crippen molar-refractivity contribution in [1.82, 2.24) is 4.90 Å². The molecule has 7 heteroatoms. The Morgan fingerprint density at radius 1 is 0.969 bits per heavy atom. The fourth-order valence-electron chi connectivity index (χ4n) is 3.58. The normalized spacial score (nSPS) is 15.1. The third-order valence-electron chi connectivity index (χ3n) is 5.03. The van der Waals surface area contributed by atoms with Gasteiger partial charge < -0.3 is 9.47 Å². The number of rotatable bonds is 7. The van der Waals surface area contributed by atoms with Crippen LogP contribution in [0.25, 0.3) is 16.8 Å². The standard InChI is InChI=1S/C25H22BrNO4S/c1-3-30-21-12-18(20(26)14-22(21)31-4-2)13-23-24(28)27(25(29)32-23)15-17-10-7-9-16-8-5-6-11-19(16)17/h5-14H,3-4,15H2,1-2H3/b23-13+. The van der Waals surface area contributed by atoms with Gasteiger partial charge in [0.1, 0.15) is 0 Å². The van der Waals surface area contributed by atoms with Gasteiger partial charge in [-0.05, 0) is 65.7 Å². The first-order chi connectivity index (χ1) is 15.5. The third kappa shape index (κ3) is 4.54. The molecule has 1 fully saturated rings. The van der Waals surface area contributed by atoms with Gasteiger partial charge in [0.25, 0.3) is 11.1 Å². The molecule has 0 aliphatic carbocycles. The van der Waals surface area contributed by atoms with Crippen LogP contribution in [-0.2, 0) is 11.3 Å². The van der Waals surface area contributed by atoms with Crippen LogP contribution in [-0.4, -0.2) is 29.3 Å². The van der Waals surface area contributed by atoms with Gasteiger partial charge in [-0.25, -0.2) is 0 Å². The Hall–Kier alpha value is -2.77. The molecule has 0 radical (unpaired) electrons. The molecular formula is C25H22BrNO4S. The van der Waals surface area contributed by atoms with Crippen LogP contribution >= 0.6 is 27.7 Å². The molecule has 1 heterocycles. The van der Waals surface area contributed by atoms with E-state index in [0.29, 0.717) is 29.6 Å². The van der Waals surface area contributed by atoms with Gasteiger partial charge in [-0.2, -0.15) is 0 Å². The number of hydrogen-bond acceptors (Lipinski definition) is 5. The van der Waals surface area contributed by atoms with Crippen molar-refractivity contribution in [3.63, 3.8) is 0 Å². The maximum absolute atomic E-state index is 13.1. The Balaban J connectivity index is 1.63. The topological polar surface area (TPSA) is 55.8 Å². The number of nitrogens with zero attached hydrogens (tertiary/aromatic N) is 1. The van der Waals surface area contributed by atoms with Gasteiger partial charge in [-0.15, -0.1) is 0 Å². The summed E-state index contributed by atoms with van der Waals surface area (Å²) in [5.74, 6) is 0.924. The van der Waals surface area contributed by atoms with Crippen molar-refractivity contribution in [2.24, 2.45) is 0 Å². The number of carbonyl (C=O) groups excluding carboxylic acids is 2. The lowest BCUT2D eigenvalue weighted by Gasteiger charge is -2.14. The van der Waals surface area contributed by atoms with Crippen LogP contribution < -0.4 is 9.47 Å². The van der Waals surface area contributed by atoms with Crippen LogP contribution in [0.4, 0.5) is 4.79 Å². The Labute approximate surface area is 199 Å². The maximum atomic E-state index is 13.1. The van der Waals surface area contributed by atoms with Gasteiger partial charge in [-0.3, -0.25) is 14.5 Å². The van der Waals surface area contributed by atoms with Crippen LogP contribution in [0.1, 0.15) is 25.0 Å². The number of thioether (sulfide) groups is 1. The van der Waals surface area contributed by atoms with Crippen LogP contribution in [0.2, 0.25) is 0 Å². The minimum atomic E-state index is -0.299. The molecule has 0 unspecified atom stereocenters. The highest BCUT2D eigenvalue weighted by molar-refractivity contribution is 9.10. The van der Waals surface area contributed by atoms with Crippen LogP contribution in [0.15, 0.2) is 64.0 Å². The van der Waals surface area contributed by atoms with Gasteiger partial charge in [0.2, 0.25) is 0 Å². The third-order valence-corrected chi connectivity index (χ3v) is 6.63. The van der Waals surface area contributed by atoms with Crippen LogP contribution in [0, 0.1) is 0 Å². The van der Waals surface area contributed by atoms with Crippen LogP contribution in [0.3, 0.4) is 0 Å². The molecule has 0 bridgehead atoms. The zero-order valence-corrected chi connectivity index (χ0v) is 20.2. The number of carbonyl (C=O) groups is 2. The van der Waals surface area contributed by atoms with E-state index in [9.17, 15) is 9.59 Å². The van der Waals surface area contributed by atoms with Crippen molar-refractivity contribution in [2.45, 2.75) is 20.4 Å². The summed E-state index contributed by atoms with van der Waals surface area (Å²) in [6, 6.07) is 17.5. The average Bonchev–Trinajstić information content (AvgIpc) is 3.04. The molecule has 32 heavy (non-hydrogen) atoms. The van der Waals surface area contributed by atoms with Gasteiger partial charge in [-0.1, -0.05) is 58.4 Å². The van der Waals surface area contributed by atoms with E-state index in [1.54, 1.807) is 6.08 Å². The summed E-state index contributed by atoms with van der Waals surface area (Å²) in [5, 5.41) is 1.84. The maximum Gasteiger partial charge on any atom is 0.293 e. The minimum Gasteiger partial charge on any atom is -0.490 e. The molecule has 3 aromatic carbocycles. The van der Waals surface area contributed by atoms with E-state index in [1.807, 2.05) is 68.4 Å². The fourth-order valence-corrected chi connectivity index (χ4v) is 4.84. The molecule has 0 spiro atoms. The Morgan fingerprint density at radius 2 is 1.66 bits per heavy atom. The first kappa shape index (κ1) is 22.4. The summed E-state index contributed by atoms with van der Waals surface area (Å²) >= 11 is 4.49. The van der Waals surface area contributed by atoms with Gasteiger partial charge >= 0.3 is 0 Å². The summed E-state index contributed by atoms with van der Waals surface area (Å²) in [5.41, 5.74) is 1.68. The lowest BCUT2D eigenvalue weighted by Crippen LogP contribution is -2.27. The molecule has 4 rings (SSSR count). The predicted octanol–water partition coefficient (Wildman–Crippen LogP) is 6.64. The fraction of sp³-hybridized carbons (Fsp3) is 0.200. The van der Waals surface area contributed by atoms with Gasteiger partial charge in [0.15, 0.2) is 11.5 Å². The molecule has 164 valence electrons. The Kier molecular flexibility index (Phi) is 6.86. The number of hydrogen-bond donors (Lipinski definition) is 0.